The van der Waals surface area contributed by atoms with Gasteiger partial charge in [-0.25, -0.2) is 0 Å². The summed E-state index contributed by atoms with van der Waals surface area (Å²) in [7, 11) is 0. The molecule has 0 aliphatic heterocycles. The van der Waals surface area contributed by atoms with Gasteiger partial charge in [0.15, 0.2) is 0 Å². The Hall–Kier alpha value is 0.0600. The van der Waals surface area contributed by atoms with Crippen LogP contribution in [0.1, 0.15) is 0 Å². The van der Waals surface area contributed by atoms with Gasteiger partial charge in [0.1, 0.15) is 0 Å². The Kier molecular flexibility index (Phi) is 1.77. The van der Waals surface area contributed by atoms with Crippen molar-refractivity contribution in [3.8, 4) is 0 Å². The molecule has 0 spiro atoms. The molecule has 0 saturated heterocycles. The van der Waals surface area contributed by atoms with E-state index < -0.39 is 6.74 Å². The lowest BCUT2D eigenvalue weighted by Gasteiger charge is -1.75. The summed E-state index contributed by atoms with van der Waals surface area (Å²) in [5, 5.41) is 0. The van der Waals surface area contributed by atoms with Gasteiger partial charge in [0.05, 0.1) is 11.8 Å². The zero-order valence-electron chi connectivity index (χ0n) is 3.54. The van der Waals surface area contributed by atoms with Crippen LogP contribution in [-0.4, -0.2) is 0 Å². The van der Waals surface area contributed by atoms with Crippen molar-refractivity contribution in [3.05, 3.63) is 23.7 Å². The molecule has 0 aliphatic carbocycles. The molecule has 1 aromatic heterocycles. The normalized spacial score (nSPS) is 9.29. The minimum atomic E-state index is -0.554. The summed E-state index contributed by atoms with van der Waals surface area (Å²) in [6.07, 6.45) is 0. The minimum absolute atomic E-state index is 0.424. The summed E-state index contributed by atoms with van der Waals surface area (Å²) < 4.78 is 11.5. The van der Waals surface area contributed by atoms with Crippen LogP contribution in [0.4, 0.5) is 3.89 Å². The summed E-state index contributed by atoms with van der Waals surface area (Å²) in [5.74, 6) is 3.75. The van der Waals surface area contributed by atoms with Crippen LogP contribution < -0.4 is 0 Å². The van der Waals surface area contributed by atoms with E-state index in [0.29, 0.717) is 11.8 Å². The van der Waals surface area contributed by atoms with E-state index in [1.165, 1.54) is 0 Å². The third kappa shape index (κ3) is 1.22. The Morgan fingerprint density at radius 1 is 1.29 bits per heavy atom. The molecule has 1 aromatic rings. The van der Waals surface area contributed by atoms with Gasteiger partial charge in [0.25, 0.3) is 0 Å². The minimum Gasteiger partial charge on any atom is -0.155 e. The second-order valence-corrected chi connectivity index (χ2v) is 4.24. The SMILES string of the molecule is FSp1cccc1. The molecule has 0 aliphatic rings. The maximum absolute atomic E-state index is 11.5. The first-order chi connectivity index (χ1) is 3.43. The van der Waals surface area contributed by atoms with Crippen molar-refractivity contribution in [1.29, 1.82) is 0 Å². The fraction of sp³-hybridized carbons (Fsp3) is 0. The topological polar surface area (TPSA) is 0 Å². The summed E-state index contributed by atoms with van der Waals surface area (Å²) in [6.45, 7) is -0.554. The molecule has 0 aromatic carbocycles. The lowest BCUT2D eigenvalue weighted by molar-refractivity contribution is 0.953. The Morgan fingerprint density at radius 2 is 1.86 bits per heavy atom. The van der Waals surface area contributed by atoms with Crippen molar-refractivity contribution >= 4 is 18.5 Å². The van der Waals surface area contributed by atoms with Crippen LogP contribution in [0.2, 0.25) is 0 Å². The maximum atomic E-state index is 11.5. The molecule has 0 radical (unpaired) electrons. The van der Waals surface area contributed by atoms with E-state index in [9.17, 15) is 3.89 Å². The zero-order valence-corrected chi connectivity index (χ0v) is 5.25. The van der Waals surface area contributed by atoms with Crippen LogP contribution in [0.25, 0.3) is 0 Å². The molecule has 0 N–H and O–H groups in total. The van der Waals surface area contributed by atoms with Crippen LogP contribution in [0, 0.1) is 0 Å². The van der Waals surface area contributed by atoms with Crippen molar-refractivity contribution in [1.82, 2.24) is 0 Å². The summed E-state index contributed by atoms with van der Waals surface area (Å²) >= 11 is 0.424. The number of hydrogen-bond donors (Lipinski definition) is 0. The predicted molar refractivity (Wildman–Crippen MR) is 33.2 cm³/mol. The first-order valence-electron chi connectivity index (χ1n) is 1.85. The van der Waals surface area contributed by atoms with Crippen molar-refractivity contribution in [2.24, 2.45) is 0 Å². The number of halogens is 1. The second-order valence-electron chi connectivity index (χ2n) is 1.11. The van der Waals surface area contributed by atoms with E-state index in [1.807, 2.05) is 23.7 Å². The lowest BCUT2D eigenvalue weighted by Crippen LogP contribution is -1.20. The Bertz CT molecular complexity index is 126. The van der Waals surface area contributed by atoms with Crippen molar-refractivity contribution in [2.45, 2.75) is 0 Å². The Labute approximate surface area is 46.8 Å². The molecule has 0 unspecified atom stereocenters. The van der Waals surface area contributed by atoms with E-state index >= 15 is 0 Å². The van der Waals surface area contributed by atoms with E-state index in [-0.39, 0.29) is 0 Å². The standard InChI is InChI=1S/C4H4FPS/c5-7-6-3-1-2-4-6/h1-4H. The molecule has 7 heavy (non-hydrogen) atoms. The van der Waals surface area contributed by atoms with Crippen LogP contribution >= 0.6 is 18.5 Å². The number of rotatable bonds is 1. The molecule has 0 bridgehead atoms. The second kappa shape index (κ2) is 2.39. The average molecular weight is 134 g/mol. The molecule has 1 heterocycles. The van der Waals surface area contributed by atoms with Crippen molar-refractivity contribution in [2.75, 3.05) is 0 Å². The van der Waals surface area contributed by atoms with E-state index in [1.54, 1.807) is 0 Å². The molecule has 0 saturated carbocycles. The third-order valence-corrected chi connectivity index (χ3v) is 2.96. The van der Waals surface area contributed by atoms with Gasteiger partial charge in [-0.15, -0.1) is 0 Å². The van der Waals surface area contributed by atoms with Gasteiger partial charge >= 0.3 is 0 Å². The fourth-order valence-corrected chi connectivity index (χ4v) is 1.79. The summed E-state index contributed by atoms with van der Waals surface area (Å²) in [5.41, 5.74) is 0. The van der Waals surface area contributed by atoms with Gasteiger partial charge in [-0.1, -0.05) is 12.1 Å². The molecular formula is C4H4FPS. The van der Waals surface area contributed by atoms with Gasteiger partial charge in [0.2, 0.25) is 0 Å². The summed E-state index contributed by atoms with van der Waals surface area (Å²) in [4.78, 5) is 0. The van der Waals surface area contributed by atoms with Gasteiger partial charge < -0.3 is 0 Å². The molecule has 0 amide bonds. The predicted octanol–water partition coefficient (Wildman–Crippen LogP) is 3.05. The van der Waals surface area contributed by atoms with Crippen molar-refractivity contribution < 1.29 is 3.89 Å². The highest BCUT2D eigenvalue weighted by atomic mass is 32.7. The molecule has 1 rings (SSSR count). The average Bonchev–Trinajstić information content (AvgIpc) is 2.14. The van der Waals surface area contributed by atoms with Gasteiger partial charge in [-0.05, 0) is 18.3 Å². The number of hydrogen-bond acceptors (Lipinski definition) is 1. The largest absolute Gasteiger partial charge is 0.155 e. The first kappa shape index (κ1) is 5.20. The molecule has 3 heteroatoms. The van der Waals surface area contributed by atoms with E-state index in [2.05, 4.69) is 0 Å². The monoisotopic (exact) mass is 134 g/mol. The quantitative estimate of drug-likeness (QED) is 0.568. The Balaban J connectivity index is 2.76. The smallest absolute Gasteiger partial charge is 0.0992 e. The molecule has 0 atom stereocenters. The molecule has 0 fully saturated rings. The highest BCUT2D eigenvalue weighted by Gasteiger charge is 1.84. The zero-order chi connectivity index (χ0) is 5.11. The Morgan fingerprint density at radius 3 is 2.14 bits per heavy atom. The maximum Gasteiger partial charge on any atom is 0.0992 e. The van der Waals surface area contributed by atoms with Crippen molar-refractivity contribution in [3.63, 3.8) is 0 Å². The third-order valence-electron chi connectivity index (χ3n) is 0.657. The molecule has 0 nitrogen and oxygen atoms in total. The fourth-order valence-electron chi connectivity index (χ4n) is 0.365. The highest BCUT2D eigenvalue weighted by Crippen LogP contribution is 2.41. The van der Waals surface area contributed by atoms with Crippen LogP contribution in [0.15, 0.2) is 23.7 Å². The van der Waals surface area contributed by atoms with Crippen LogP contribution in [0.5, 0.6) is 0 Å². The molecule has 38 valence electrons. The van der Waals surface area contributed by atoms with Crippen LogP contribution in [0.3, 0.4) is 0 Å². The van der Waals surface area contributed by atoms with E-state index in [4.69, 9.17) is 0 Å². The highest BCUT2D eigenvalue weighted by molar-refractivity contribution is 8.49. The lowest BCUT2D eigenvalue weighted by atomic mass is 10.7. The van der Waals surface area contributed by atoms with E-state index in [0.717, 1.165) is 0 Å². The summed E-state index contributed by atoms with van der Waals surface area (Å²) in [6, 6.07) is 3.75. The molecular weight excluding hydrogens is 130 g/mol. The van der Waals surface area contributed by atoms with Gasteiger partial charge in [-0.3, -0.25) is 0 Å². The first-order valence-corrected chi connectivity index (χ1v) is 4.66. The van der Waals surface area contributed by atoms with Gasteiger partial charge in [-0.2, -0.15) is 3.89 Å². The van der Waals surface area contributed by atoms with Crippen LogP contribution in [-0.2, 0) is 0 Å². The van der Waals surface area contributed by atoms with Gasteiger partial charge in [0, 0.05) is 0 Å².